The molecule has 3 aliphatic rings. The van der Waals surface area contributed by atoms with Crippen LogP contribution < -0.4 is 19.7 Å². The van der Waals surface area contributed by atoms with Crippen molar-refractivity contribution in [3.8, 4) is 11.5 Å². The van der Waals surface area contributed by atoms with Crippen LogP contribution in [0.15, 0.2) is 35.4 Å². The molecule has 2 saturated heterocycles. The molecule has 186 valence electrons. The van der Waals surface area contributed by atoms with Gasteiger partial charge in [0.05, 0.1) is 31.7 Å². The minimum Gasteiger partial charge on any atom is -0.493 e. The van der Waals surface area contributed by atoms with E-state index in [0.29, 0.717) is 41.4 Å². The number of nitrogens with one attached hydrogen (secondary N) is 1. The molecule has 0 aromatic heterocycles. The van der Waals surface area contributed by atoms with E-state index in [4.69, 9.17) is 14.6 Å². The summed E-state index contributed by atoms with van der Waals surface area (Å²) in [7, 11) is 6.90. The summed E-state index contributed by atoms with van der Waals surface area (Å²) in [6, 6.07) is 9.17. The number of methoxy groups -OCH3 is 2. The summed E-state index contributed by atoms with van der Waals surface area (Å²) in [6.45, 7) is 3.68. The zero-order chi connectivity index (χ0) is 24.9. The molecule has 2 fully saturated rings. The second-order valence-electron chi connectivity index (χ2n) is 9.57. The van der Waals surface area contributed by atoms with Gasteiger partial charge < -0.3 is 19.7 Å². The average molecular weight is 482 g/mol. The van der Waals surface area contributed by atoms with Gasteiger partial charge >= 0.3 is 6.03 Å². The van der Waals surface area contributed by atoms with E-state index in [1.807, 2.05) is 25.1 Å². The number of carbonyl (C=O) groups is 1. The Labute approximate surface area is 205 Å². The third-order valence-electron chi connectivity index (χ3n) is 7.47. The van der Waals surface area contributed by atoms with Crippen molar-refractivity contribution in [3.63, 3.8) is 0 Å². The lowest BCUT2D eigenvalue weighted by Crippen LogP contribution is -2.45. The van der Waals surface area contributed by atoms with Crippen LogP contribution in [0.5, 0.6) is 11.5 Å². The van der Waals surface area contributed by atoms with E-state index >= 15 is 4.39 Å². The van der Waals surface area contributed by atoms with Crippen LogP contribution in [0, 0.1) is 5.82 Å². The maximum absolute atomic E-state index is 15.1. The first kappa shape index (κ1) is 23.4. The number of ether oxygens (including phenoxy) is 2. The molecule has 3 heterocycles. The fourth-order valence-electron chi connectivity index (χ4n) is 5.59. The first-order valence-corrected chi connectivity index (χ1v) is 12.0. The molecule has 8 nitrogen and oxygen atoms in total. The van der Waals surface area contributed by atoms with Crippen molar-refractivity contribution in [3.05, 3.63) is 52.8 Å². The number of hydrogen-bond acceptors (Lipinski definition) is 6. The van der Waals surface area contributed by atoms with Crippen LogP contribution in [0.1, 0.15) is 30.0 Å². The number of likely N-dealkylation sites (tertiary alicyclic amines) is 1. The van der Waals surface area contributed by atoms with E-state index in [1.54, 1.807) is 27.3 Å². The quantitative estimate of drug-likeness (QED) is 0.727. The lowest BCUT2D eigenvalue weighted by molar-refractivity contribution is 0.184. The Balaban J connectivity index is 1.65. The highest BCUT2D eigenvalue weighted by Crippen LogP contribution is 2.38. The number of likely N-dealkylation sites (N-methyl/N-ethyl adjacent to an activating group) is 1. The Morgan fingerprint density at radius 3 is 2.49 bits per heavy atom. The number of halogens is 1. The van der Waals surface area contributed by atoms with Crippen LogP contribution in [0.3, 0.4) is 0 Å². The Kier molecular flexibility index (Phi) is 6.04. The summed E-state index contributed by atoms with van der Waals surface area (Å²) in [4.78, 5) is 17.3. The predicted octanol–water partition coefficient (Wildman–Crippen LogP) is 3.07. The van der Waals surface area contributed by atoms with Crippen molar-refractivity contribution in [2.24, 2.45) is 5.10 Å². The Bertz CT molecular complexity index is 1180. The van der Waals surface area contributed by atoms with Crippen molar-refractivity contribution in [2.75, 3.05) is 46.3 Å². The second-order valence-corrected chi connectivity index (χ2v) is 9.57. The summed E-state index contributed by atoms with van der Waals surface area (Å²) in [5, 5.41) is 8.96. The number of nitrogens with zero attached hydrogens (tertiary/aromatic N) is 4. The van der Waals surface area contributed by atoms with Gasteiger partial charge in [-0.25, -0.2) is 14.2 Å². The number of rotatable bonds is 4. The molecule has 2 aromatic carbocycles. The predicted molar refractivity (Wildman–Crippen MR) is 133 cm³/mol. The minimum atomic E-state index is -0.302. The second kappa shape index (κ2) is 9.03. The number of urea groups is 1. The van der Waals surface area contributed by atoms with E-state index in [1.165, 1.54) is 11.1 Å². The molecular formula is C26H32FN5O3. The first-order valence-electron chi connectivity index (χ1n) is 12.0. The van der Waals surface area contributed by atoms with Gasteiger partial charge in [0, 0.05) is 43.3 Å². The van der Waals surface area contributed by atoms with Crippen LogP contribution in [0.25, 0.3) is 0 Å². The van der Waals surface area contributed by atoms with Crippen LogP contribution in [-0.2, 0) is 6.42 Å². The number of piperazine rings is 1. The number of benzene rings is 2. The Morgan fingerprint density at radius 1 is 1.11 bits per heavy atom. The van der Waals surface area contributed by atoms with Gasteiger partial charge in [0.2, 0.25) is 0 Å². The van der Waals surface area contributed by atoms with Crippen molar-refractivity contribution >= 4 is 17.4 Å². The molecule has 0 saturated carbocycles. The summed E-state index contributed by atoms with van der Waals surface area (Å²) in [5.74, 6) is 0.938. The van der Waals surface area contributed by atoms with E-state index < -0.39 is 0 Å². The molecule has 3 atom stereocenters. The zero-order valence-corrected chi connectivity index (χ0v) is 20.8. The number of amides is 2. The highest BCUT2D eigenvalue weighted by molar-refractivity contribution is 6.15. The fraction of sp³-hybridized carbons (Fsp3) is 0.462. The van der Waals surface area contributed by atoms with Gasteiger partial charge in [-0.05, 0) is 62.7 Å². The van der Waals surface area contributed by atoms with Crippen molar-refractivity contribution in [1.82, 2.24) is 15.2 Å². The van der Waals surface area contributed by atoms with Gasteiger partial charge in [0.1, 0.15) is 5.82 Å². The van der Waals surface area contributed by atoms with Crippen LogP contribution in [-0.4, -0.2) is 81.2 Å². The number of carbonyl (C=O) groups excluding carboxylic acids is 1. The molecule has 5 rings (SSSR count). The van der Waals surface area contributed by atoms with Crippen LogP contribution >= 0.6 is 0 Å². The number of fused-ring (bicyclic) bond motifs is 3. The highest BCUT2D eigenvalue weighted by Gasteiger charge is 2.42. The van der Waals surface area contributed by atoms with E-state index in [9.17, 15) is 4.79 Å². The normalized spacial score (nSPS) is 23.6. The Hall–Kier alpha value is -3.33. The Morgan fingerprint density at radius 2 is 1.86 bits per heavy atom. The van der Waals surface area contributed by atoms with E-state index in [0.717, 1.165) is 36.2 Å². The standard InChI is InChI=1S/C26H32FN5O3/c1-15-8-17-10-23(34-4)24(35-5)12-20(17)25(29-32(15)26(33)28-2)16-6-7-21(27)22(9-16)31-14-18-11-19(31)13-30(18)3/h6-7,9-10,12,15,18-19H,8,11,13-14H2,1-5H3,(H,28,33)/t15?,18-,19-/m0/s1. The monoisotopic (exact) mass is 481 g/mol. The topological polar surface area (TPSA) is 69.6 Å². The van der Waals surface area contributed by atoms with E-state index in [-0.39, 0.29) is 17.9 Å². The molecule has 0 aliphatic carbocycles. The van der Waals surface area contributed by atoms with Crippen molar-refractivity contribution in [2.45, 2.75) is 37.9 Å². The number of hydrogen-bond donors (Lipinski definition) is 1. The van der Waals surface area contributed by atoms with Gasteiger partial charge in [-0.15, -0.1) is 0 Å². The fourth-order valence-corrected chi connectivity index (χ4v) is 5.59. The summed E-state index contributed by atoms with van der Waals surface area (Å²) in [6.07, 6.45) is 1.62. The zero-order valence-electron chi connectivity index (χ0n) is 20.8. The maximum atomic E-state index is 15.1. The molecule has 2 amide bonds. The highest BCUT2D eigenvalue weighted by atomic mass is 19.1. The van der Waals surface area contributed by atoms with Crippen molar-refractivity contribution < 1.29 is 18.7 Å². The lowest BCUT2D eigenvalue weighted by atomic mass is 9.93. The molecule has 9 heteroatoms. The maximum Gasteiger partial charge on any atom is 0.337 e. The smallest absolute Gasteiger partial charge is 0.337 e. The van der Waals surface area contributed by atoms with Gasteiger partial charge in [0.25, 0.3) is 0 Å². The van der Waals surface area contributed by atoms with Gasteiger partial charge in [-0.1, -0.05) is 0 Å². The first-order chi connectivity index (χ1) is 16.8. The summed E-state index contributed by atoms with van der Waals surface area (Å²) >= 11 is 0. The molecular weight excluding hydrogens is 449 g/mol. The lowest BCUT2D eigenvalue weighted by Gasteiger charge is -2.34. The molecule has 1 unspecified atom stereocenters. The van der Waals surface area contributed by atoms with Crippen LogP contribution in [0.2, 0.25) is 0 Å². The number of hydrazone groups is 1. The van der Waals surface area contributed by atoms with E-state index in [2.05, 4.69) is 22.2 Å². The molecule has 35 heavy (non-hydrogen) atoms. The molecule has 1 N–H and O–H groups in total. The third-order valence-corrected chi connectivity index (χ3v) is 7.47. The summed E-state index contributed by atoms with van der Waals surface area (Å²) in [5.41, 5.74) is 3.73. The summed E-state index contributed by atoms with van der Waals surface area (Å²) < 4.78 is 26.2. The van der Waals surface area contributed by atoms with Gasteiger partial charge in [-0.2, -0.15) is 5.10 Å². The van der Waals surface area contributed by atoms with Gasteiger partial charge in [0.15, 0.2) is 11.5 Å². The largest absolute Gasteiger partial charge is 0.493 e. The average Bonchev–Trinajstić information content (AvgIpc) is 3.40. The molecule has 2 aromatic rings. The third kappa shape index (κ3) is 3.97. The molecule has 3 aliphatic heterocycles. The molecule has 2 bridgehead atoms. The molecule has 0 radical (unpaired) electrons. The molecule has 0 spiro atoms. The van der Waals surface area contributed by atoms with Crippen molar-refractivity contribution in [1.29, 1.82) is 0 Å². The minimum absolute atomic E-state index is 0.200. The SMILES string of the molecule is CNC(=O)N1N=C(c2ccc(F)c(N3C[C@@H]4C[C@H]3CN4C)c2)c2cc(OC)c(OC)cc2CC1C. The number of anilines is 1. The van der Waals surface area contributed by atoms with Crippen LogP contribution in [0.4, 0.5) is 14.9 Å². The van der Waals surface area contributed by atoms with Gasteiger partial charge in [-0.3, -0.25) is 4.90 Å².